The summed E-state index contributed by atoms with van der Waals surface area (Å²) in [7, 11) is 0. The third-order valence-corrected chi connectivity index (χ3v) is 9.98. The van der Waals surface area contributed by atoms with Crippen LogP contribution in [0, 0.1) is 0 Å². The van der Waals surface area contributed by atoms with E-state index in [0.717, 1.165) is 50.9 Å². The zero-order chi connectivity index (χ0) is 33.7. The number of rotatable bonds is 6. The lowest BCUT2D eigenvalue weighted by Crippen LogP contribution is -2.09. The third kappa shape index (κ3) is 4.98. The summed E-state index contributed by atoms with van der Waals surface area (Å²) in [6, 6.07) is 69.0. The summed E-state index contributed by atoms with van der Waals surface area (Å²) < 4.78 is 8.90. The van der Waals surface area contributed by atoms with Gasteiger partial charge in [0.05, 0.1) is 16.7 Å². The molecule has 0 radical (unpaired) electrons. The lowest BCUT2D eigenvalue weighted by molar-refractivity contribution is 0.476. The largest absolute Gasteiger partial charge is 0.453 e. The summed E-state index contributed by atoms with van der Waals surface area (Å²) >= 11 is 0. The maximum Gasteiger partial charge on any atom is 0.152 e. The zero-order valence-corrected chi connectivity index (χ0v) is 27.8. The summed E-state index contributed by atoms with van der Waals surface area (Å²) in [6.45, 7) is 0. The van der Waals surface area contributed by atoms with Crippen LogP contribution in [-0.2, 0) is 0 Å². The average molecular weight is 653 g/mol. The highest BCUT2D eigenvalue weighted by Gasteiger charge is 2.24. The quantitative estimate of drug-likeness (QED) is 0.178. The fourth-order valence-corrected chi connectivity index (χ4v) is 7.54. The van der Waals surface area contributed by atoms with Crippen LogP contribution in [-0.4, -0.2) is 4.57 Å². The molecule has 0 spiro atoms. The van der Waals surface area contributed by atoms with Crippen molar-refractivity contribution < 1.29 is 4.74 Å². The van der Waals surface area contributed by atoms with Crippen molar-refractivity contribution in [3.05, 3.63) is 194 Å². The molecule has 51 heavy (non-hydrogen) atoms. The molecule has 240 valence electrons. The Kier molecular flexibility index (Phi) is 6.81. The lowest BCUT2D eigenvalue weighted by atomic mass is 9.99. The number of hydrogen-bond donors (Lipinski definition) is 0. The standard InChI is InChI=1S/C48H32N2O/c1-3-11-33(12-4-1)36-13-9-14-37(31-36)34-21-26-40(27-22-34)49(39-15-5-2-6-16-39)41-28-23-35(24-29-41)38-25-30-45-47(32-38)51-46-20-10-18-43-42-17-7-8-19-44(42)50(45)48(43)46/h1-32H. The van der Waals surface area contributed by atoms with Crippen LogP contribution in [0.3, 0.4) is 0 Å². The molecule has 1 aromatic heterocycles. The molecule has 0 fully saturated rings. The van der Waals surface area contributed by atoms with Crippen molar-refractivity contribution >= 4 is 38.9 Å². The van der Waals surface area contributed by atoms with Crippen molar-refractivity contribution in [1.82, 2.24) is 4.57 Å². The normalized spacial score (nSPS) is 11.7. The molecule has 2 heterocycles. The van der Waals surface area contributed by atoms with Gasteiger partial charge in [0.15, 0.2) is 11.5 Å². The van der Waals surface area contributed by atoms with E-state index in [1.807, 2.05) is 0 Å². The number of hydrogen-bond acceptors (Lipinski definition) is 2. The highest BCUT2D eigenvalue weighted by Crippen LogP contribution is 2.46. The SMILES string of the molecule is c1ccc(-c2cccc(-c3ccc(N(c4ccccc4)c4ccc(-c5ccc6c(c5)Oc5cccc7c8ccccc8n-6c57)cc4)cc3)c2)cc1. The topological polar surface area (TPSA) is 17.4 Å². The summed E-state index contributed by atoms with van der Waals surface area (Å²) in [5.74, 6) is 1.75. The van der Waals surface area contributed by atoms with Crippen LogP contribution in [0.4, 0.5) is 17.1 Å². The molecule has 0 bridgehead atoms. The number of ether oxygens (including phenoxy) is 1. The van der Waals surface area contributed by atoms with Gasteiger partial charge in [-0.1, -0.05) is 127 Å². The first kappa shape index (κ1) is 29.1. The number of aromatic nitrogens is 1. The molecule has 0 unspecified atom stereocenters. The molecule has 0 amide bonds. The molecule has 3 nitrogen and oxygen atoms in total. The smallest absolute Gasteiger partial charge is 0.152 e. The Morgan fingerprint density at radius 2 is 0.863 bits per heavy atom. The highest BCUT2D eigenvalue weighted by molar-refractivity contribution is 6.12. The van der Waals surface area contributed by atoms with E-state index in [2.05, 4.69) is 204 Å². The van der Waals surface area contributed by atoms with Gasteiger partial charge in [0, 0.05) is 27.8 Å². The van der Waals surface area contributed by atoms with Crippen LogP contribution >= 0.6 is 0 Å². The second-order valence-corrected chi connectivity index (χ2v) is 13.0. The number of fused-ring (bicyclic) bond motifs is 5. The van der Waals surface area contributed by atoms with E-state index in [1.54, 1.807) is 0 Å². The Balaban J connectivity index is 0.982. The molecule has 0 aliphatic carbocycles. The maximum absolute atomic E-state index is 6.56. The van der Waals surface area contributed by atoms with Crippen LogP contribution in [0.25, 0.3) is 60.9 Å². The van der Waals surface area contributed by atoms with Crippen molar-refractivity contribution in [2.45, 2.75) is 0 Å². The minimum Gasteiger partial charge on any atom is -0.453 e. The van der Waals surface area contributed by atoms with Crippen molar-refractivity contribution in [2.75, 3.05) is 4.90 Å². The van der Waals surface area contributed by atoms with Crippen LogP contribution < -0.4 is 9.64 Å². The van der Waals surface area contributed by atoms with Gasteiger partial charge in [-0.15, -0.1) is 0 Å². The molecule has 1 aliphatic heterocycles. The number of anilines is 3. The summed E-state index contributed by atoms with van der Waals surface area (Å²) in [5, 5.41) is 2.45. The Bertz CT molecular complexity index is 2690. The fourth-order valence-electron chi connectivity index (χ4n) is 7.54. The molecule has 1 aliphatic rings. The predicted octanol–water partition coefficient (Wildman–Crippen LogP) is 13.4. The van der Waals surface area contributed by atoms with Crippen LogP contribution in [0.5, 0.6) is 11.5 Å². The van der Waals surface area contributed by atoms with E-state index >= 15 is 0 Å². The van der Waals surface area contributed by atoms with Crippen molar-refractivity contribution in [3.63, 3.8) is 0 Å². The molecule has 0 atom stereocenters. The molecule has 0 saturated carbocycles. The van der Waals surface area contributed by atoms with Crippen LogP contribution in [0.2, 0.25) is 0 Å². The van der Waals surface area contributed by atoms with E-state index in [-0.39, 0.29) is 0 Å². The molecule has 9 aromatic rings. The molecular formula is C48H32N2O. The Morgan fingerprint density at radius 3 is 1.57 bits per heavy atom. The Labute approximate surface area is 296 Å². The number of para-hydroxylation sites is 3. The first-order valence-electron chi connectivity index (χ1n) is 17.3. The molecule has 3 heteroatoms. The van der Waals surface area contributed by atoms with E-state index in [1.165, 1.54) is 38.5 Å². The Morgan fingerprint density at radius 1 is 0.353 bits per heavy atom. The maximum atomic E-state index is 6.56. The minimum atomic E-state index is 0.859. The highest BCUT2D eigenvalue weighted by atomic mass is 16.5. The molecule has 8 aromatic carbocycles. The van der Waals surface area contributed by atoms with Gasteiger partial charge in [0.1, 0.15) is 0 Å². The van der Waals surface area contributed by atoms with Crippen LogP contribution in [0.1, 0.15) is 0 Å². The monoisotopic (exact) mass is 652 g/mol. The van der Waals surface area contributed by atoms with Gasteiger partial charge < -0.3 is 14.2 Å². The van der Waals surface area contributed by atoms with Gasteiger partial charge in [-0.3, -0.25) is 0 Å². The molecule has 0 N–H and O–H groups in total. The second-order valence-electron chi connectivity index (χ2n) is 13.0. The first-order valence-corrected chi connectivity index (χ1v) is 17.3. The van der Waals surface area contributed by atoms with E-state index in [4.69, 9.17) is 4.74 Å². The number of nitrogens with zero attached hydrogens (tertiary/aromatic N) is 2. The van der Waals surface area contributed by atoms with Gasteiger partial charge in [0.25, 0.3) is 0 Å². The van der Waals surface area contributed by atoms with Gasteiger partial charge in [0.2, 0.25) is 0 Å². The van der Waals surface area contributed by atoms with E-state index in [0.29, 0.717) is 0 Å². The summed E-state index contributed by atoms with van der Waals surface area (Å²) in [5.41, 5.74) is 13.7. The van der Waals surface area contributed by atoms with Crippen LogP contribution in [0.15, 0.2) is 194 Å². The van der Waals surface area contributed by atoms with Gasteiger partial charge in [-0.2, -0.15) is 0 Å². The number of benzene rings is 8. The molecular weight excluding hydrogens is 621 g/mol. The molecule has 0 saturated heterocycles. The van der Waals surface area contributed by atoms with Gasteiger partial charge in [-0.05, 0) is 100 Å². The predicted molar refractivity (Wildman–Crippen MR) is 212 cm³/mol. The van der Waals surface area contributed by atoms with Crippen molar-refractivity contribution in [3.8, 4) is 50.6 Å². The summed E-state index contributed by atoms with van der Waals surface area (Å²) in [6.07, 6.45) is 0. The fraction of sp³-hybridized carbons (Fsp3) is 0. The second kappa shape index (κ2) is 11.9. The van der Waals surface area contributed by atoms with Gasteiger partial charge in [-0.25, -0.2) is 0 Å². The van der Waals surface area contributed by atoms with Gasteiger partial charge >= 0.3 is 0 Å². The summed E-state index contributed by atoms with van der Waals surface area (Å²) in [4.78, 5) is 2.31. The third-order valence-electron chi connectivity index (χ3n) is 9.98. The minimum absolute atomic E-state index is 0.859. The van der Waals surface area contributed by atoms with Crippen molar-refractivity contribution in [1.29, 1.82) is 0 Å². The van der Waals surface area contributed by atoms with Crippen molar-refractivity contribution in [2.24, 2.45) is 0 Å². The zero-order valence-electron chi connectivity index (χ0n) is 27.8. The first-order chi connectivity index (χ1) is 25.3. The Hall–Kier alpha value is -6.84. The van der Waals surface area contributed by atoms with E-state index < -0.39 is 0 Å². The lowest BCUT2D eigenvalue weighted by Gasteiger charge is -2.26. The molecule has 10 rings (SSSR count). The average Bonchev–Trinajstić information content (AvgIpc) is 3.55. The van der Waals surface area contributed by atoms with E-state index in [9.17, 15) is 0 Å².